The van der Waals surface area contributed by atoms with Crippen molar-refractivity contribution in [2.24, 2.45) is 0 Å². The van der Waals surface area contributed by atoms with Gasteiger partial charge in [0.15, 0.2) is 20.2 Å². The van der Waals surface area contributed by atoms with Gasteiger partial charge in [-0.1, -0.05) is 27.4 Å². The first-order valence-corrected chi connectivity index (χ1v) is 17.2. The Morgan fingerprint density at radius 2 is 1.81 bits per heavy atom. The number of hydrogen-bond acceptors (Lipinski definition) is 8. The van der Waals surface area contributed by atoms with Crippen LogP contribution in [0.5, 0.6) is 0 Å². The predicted molar refractivity (Wildman–Crippen MR) is 151 cm³/mol. The molecular formula is C27H43IO8Si. The van der Waals surface area contributed by atoms with Crippen LogP contribution < -0.4 is 0 Å². The third-order valence-corrected chi connectivity index (χ3v) is 13.0. The highest BCUT2D eigenvalue weighted by Gasteiger charge is 2.59. The smallest absolute Gasteiger partial charge is 0.308 e. The lowest BCUT2D eigenvalue weighted by Gasteiger charge is -2.50. The zero-order chi connectivity index (χ0) is 27.5. The van der Waals surface area contributed by atoms with E-state index < -0.39 is 38.8 Å². The van der Waals surface area contributed by atoms with Gasteiger partial charge in [0, 0.05) is 12.5 Å². The molecule has 7 atom stereocenters. The number of fused-ring (bicyclic) bond motifs is 2. The molecule has 5 unspecified atom stereocenters. The van der Waals surface area contributed by atoms with E-state index in [1.165, 1.54) is 13.2 Å². The standard InChI is InChI=1S/C27H43IO8Si/c1-16(28)10-8-9-11-17(29)14-20-22(31)24-25(35-20)26(36-37(6,7)27(2,3)4)23-19(34-24)13-12-18(33-23)15-21(30)32-5/h14,18-19,22-26,31H,1,8-13,15H2,2-7H3/b20-14+/t18?,19-,22?,23-,24?,25?,26?/m0/s1. The van der Waals surface area contributed by atoms with Crippen LogP contribution in [-0.2, 0) is 33.0 Å². The number of unbranched alkanes of at least 4 members (excludes halogenated alkanes) is 1. The number of esters is 1. The van der Waals surface area contributed by atoms with Crippen molar-refractivity contribution in [3.63, 3.8) is 0 Å². The number of aliphatic hydroxyl groups excluding tert-OH is 1. The van der Waals surface area contributed by atoms with Crippen LogP contribution in [0.2, 0.25) is 18.1 Å². The number of halogens is 1. The normalized spacial score (nSPS) is 32.9. The molecule has 3 heterocycles. The Bertz CT molecular complexity index is 882. The average molecular weight is 651 g/mol. The fraction of sp³-hybridized carbons (Fsp3) is 0.778. The van der Waals surface area contributed by atoms with Crippen molar-refractivity contribution in [2.75, 3.05) is 7.11 Å². The molecule has 1 N–H and O–H groups in total. The number of carbonyl (C=O) groups excluding carboxylic acids is 2. The molecule has 0 amide bonds. The zero-order valence-electron chi connectivity index (χ0n) is 23.0. The summed E-state index contributed by atoms with van der Waals surface area (Å²) in [6, 6.07) is 0. The predicted octanol–water partition coefficient (Wildman–Crippen LogP) is 4.98. The largest absolute Gasteiger partial charge is 0.486 e. The van der Waals surface area contributed by atoms with Crippen molar-refractivity contribution in [2.45, 2.75) is 127 Å². The lowest BCUT2D eigenvalue weighted by Crippen LogP contribution is -2.64. The van der Waals surface area contributed by atoms with E-state index in [1.807, 2.05) is 0 Å². The maximum atomic E-state index is 12.6. The van der Waals surface area contributed by atoms with Crippen LogP contribution in [0.4, 0.5) is 0 Å². The van der Waals surface area contributed by atoms with Crippen LogP contribution in [0.1, 0.15) is 65.7 Å². The third kappa shape index (κ3) is 7.66. The van der Waals surface area contributed by atoms with E-state index in [2.05, 4.69) is 63.0 Å². The molecule has 10 heteroatoms. The summed E-state index contributed by atoms with van der Waals surface area (Å²) >= 11 is 2.20. The fourth-order valence-electron chi connectivity index (χ4n) is 4.79. The van der Waals surface area contributed by atoms with Gasteiger partial charge >= 0.3 is 5.97 Å². The van der Waals surface area contributed by atoms with Crippen molar-refractivity contribution >= 4 is 42.7 Å². The molecule has 3 saturated heterocycles. The van der Waals surface area contributed by atoms with Crippen LogP contribution in [0.25, 0.3) is 0 Å². The summed E-state index contributed by atoms with van der Waals surface area (Å²) in [4.78, 5) is 24.6. The van der Waals surface area contributed by atoms with Crippen LogP contribution in [0.3, 0.4) is 0 Å². The highest BCUT2D eigenvalue weighted by molar-refractivity contribution is 14.1. The van der Waals surface area contributed by atoms with Gasteiger partial charge in [-0.3, -0.25) is 9.59 Å². The average Bonchev–Trinajstić information content (AvgIpc) is 3.11. The van der Waals surface area contributed by atoms with E-state index in [0.29, 0.717) is 19.3 Å². The SMILES string of the molecule is C=C(I)CCCCC(=O)/C=C1/OC2C(O[C@H]3CCC(CC(=O)OC)O[C@@H]3C2O[Si](C)(C)C(C)(C)C)C1O. The number of hydrogen-bond donors (Lipinski definition) is 1. The van der Waals surface area contributed by atoms with E-state index in [-0.39, 0.29) is 41.2 Å². The number of ketones is 1. The molecule has 0 aliphatic carbocycles. The molecule has 0 aromatic rings. The summed E-state index contributed by atoms with van der Waals surface area (Å²) in [7, 11) is -0.910. The number of ether oxygens (including phenoxy) is 4. The van der Waals surface area contributed by atoms with E-state index in [0.717, 1.165) is 22.8 Å². The summed E-state index contributed by atoms with van der Waals surface area (Å²) < 4.78 is 31.7. The zero-order valence-corrected chi connectivity index (χ0v) is 26.1. The van der Waals surface area contributed by atoms with E-state index in [4.69, 9.17) is 23.4 Å². The highest BCUT2D eigenvalue weighted by Crippen LogP contribution is 2.45. The van der Waals surface area contributed by atoms with Crippen LogP contribution >= 0.6 is 22.6 Å². The quantitative estimate of drug-likeness (QED) is 0.116. The summed E-state index contributed by atoms with van der Waals surface area (Å²) in [5, 5.41) is 11.1. The van der Waals surface area contributed by atoms with Crippen LogP contribution in [0.15, 0.2) is 22.0 Å². The lowest BCUT2D eigenvalue weighted by atomic mass is 9.88. The Morgan fingerprint density at radius 3 is 2.43 bits per heavy atom. The summed E-state index contributed by atoms with van der Waals surface area (Å²) in [6.07, 6.45) is 1.89. The van der Waals surface area contributed by atoms with Gasteiger partial charge in [0.1, 0.15) is 30.2 Å². The topological polar surface area (TPSA) is 101 Å². The van der Waals surface area contributed by atoms with E-state index in [1.54, 1.807) is 0 Å². The summed E-state index contributed by atoms with van der Waals surface area (Å²) in [6.45, 7) is 14.7. The first-order valence-electron chi connectivity index (χ1n) is 13.2. The minimum Gasteiger partial charge on any atom is -0.486 e. The van der Waals surface area contributed by atoms with Gasteiger partial charge in [0.05, 0.1) is 25.7 Å². The van der Waals surface area contributed by atoms with Gasteiger partial charge in [0.2, 0.25) is 0 Å². The van der Waals surface area contributed by atoms with Crippen molar-refractivity contribution in [3.05, 3.63) is 22.0 Å². The number of carbonyl (C=O) groups is 2. The molecule has 0 saturated carbocycles. The maximum Gasteiger partial charge on any atom is 0.308 e. The molecule has 3 rings (SSSR count). The third-order valence-electron chi connectivity index (χ3n) is 7.95. The molecule has 8 nitrogen and oxygen atoms in total. The van der Waals surface area contributed by atoms with E-state index in [9.17, 15) is 14.7 Å². The first-order chi connectivity index (χ1) is 17.2. The number of aliphatic hydroxyl groups is 1. The Balaban J connectivity index is 1.81. The van der Waals surface area contributed by atoms with Gasteiger partial charge in [-0.25, -0.2) is 0 Å². The minimum atomic E-state index is -2.28. The molecule has 0 bridgehead atoms. The van der Waals surface area contributed by atoms with Crippen molar-refractivity contribution in [3.8, 4) is 0 Å². The molecule has 3 aliphatic rings. The van der Waals surface area contributed by atoms with Crippen molar-refractivity contribution < 1.29 is 38.1 Å². The van der Waals surface area contributed by atoms with Gasteiger partial charge in [-0.05, 0) is 76.4 Å². The van der Waals surface area contributed by atoms with Gasteiger partial charge in [-0.2, -0.15) is 0 Å². The minimum absolute atomic E-state index is 0.0640. The van der Waals surface area contributed by atoms with Crippen molar-refractivity contribution in [1.82, 2.24) is 0 Å². The number of allylic oxidation sites excluding steroid dienone is 2. The molecule has 0 radical (unpaired) electrons. The Labute approximate surface area is 235 Å². The Kier molecular flexibility index (Phi) is 10.5. The van der Waals surface area contributed by atoms with Gasteiger partial charge in [0.25, 0.3) is 0 Å². The number of rotatable bonds is 10. The maximum absolute atomic E-state index is 12.6. The van der Waals surface area contributed by atoms with Crippen molar-refractivity contribution in [1.29, 1.82) is 0 Å². The molecule has 210 valence electrons. The summed E-state index contributed by atoms with van der Waals surface area (Å²) in [5.41, 5.74) is 0. The van der Waals surface area contributed by atoms with E-state index >= 15 is 0 Å². The Hall–Kier alpha value is -0.793. The monoisotopic (exact) mass is 650 g/mol. The molecule has 0 aromatic carbocycles. The van der Waals surface area contributed by atoms with Gasteiger partial charge < -0.3 is 28.5 Å². The fourth-order valence-corrected chi connectivity index (χ4v) is 6.48. The lowest BCUT2D eigenvalue weighted by molar-refractivity contribution is -0.255. The van der Waals surface area contributed by atoms with Gasteiger partial charge in [-0.15, -0.1) is 0 Å². The summed E-state index contributed by atoms with van der Waals surface area (Å²) in [5.74, 6) is -0.175. The second-order valence-electron chi connectivity index (χ2n) is 11.8. The molecule has 37 heavy (non-hydrogen) atoms. The molecular weight excluding hydrogens is 607 g/mol. The van der Waals surface area contributed by atoms with Crippen LogP contribution in [0, 0.1) is 0 Å². The first kappa shape index (κ1) is 30.7. The molecule has 0 aromatic heterocycles. The molecule has 3 fully saturated rings. The Morgan fingerprint density at radius 1 is 1.14 bits per heavy atom. The molecule has 0 spiro atoms. The second-order valence-corrected chi connectivity index (χ2v) is 18.1. The highest BCUT2D eigenvalue weighted by atomic mass is 127. The molecule has 3 aliphatic heterocycles. The second kappa shape index (κ2) is 12.6. The number of methoxy groups -OCH3 is 1. The van der Waals surface area contributed by atoms with Crippen LogP contribution in [-0.4, -0.2) is 75.0 Å².